The van der Waals surface area contributed by atoms with Crippen molar-refractivity contribution in [3.8, 4) is 5.75 Å². The van der Waals surface area contributed by atoms with E-state index in [9.17, 15) is 9.18 Å². The fraction of sp³-hybridized carbons (Fsp3) is 0.318. The molecule has 2 aromatic carbocycles. The molecule has 0 bridgehead atoms. The molecule has 3 aromatic rings. The number of fused-ring (bicyclic) bond motifs is 1. The molecule has 0 spiro atoms. The van der Waals surface area contributed by atoms with Crippen LogP contribution in [0.2, 0.25) is 0 Å². The molecule has 2 amide bonds. The maximum atomic E-state index is 13.8. The van der Waals surface area contributed by atoms with E-state index in [-0.39, 0.29) is 11.8 Å². The molecule has 0 aliphatic heterocycles. The first-order valence-corrected chi connectivity index (χ1v) is 9.31. The molecule has 0 atom stereocenters. The first-order chi connectivity index (χ1) is 13.4. The number of urea groups is 1. The minimum absolute atomic E-state index is 0.188. The average Bonchev–Trinajstić information content (AvgIpc) is 3.03. The van der Waals surface area contributed by atoms with Crippen molar-refractivity contribution in [2.24, 2.45) is 5.92 Å². The smallest absolute Gasteiger partial charge is 0.321 e. The number of nitrogens with zero attached hydrogens (tertiary/aromatic N) is 2. The lowest BCUT2D eigenvalue weighted by molar-refractivity contribution is 0.220. The summed E-state index contributed by atoms with van der Waals surface area (Å²) in [4.78, 5) is 14.0. The fourth-order valence-electron chi connectivity index (χ4n) is 3.20. The highest BCUT2D eigenvalue weighted by molar-refractivity contribution is 5.92. The number of carbonyl (C=O) groups excluding carboxylic acids is 1. The SMILES string of the molecule is COc1ccc(CN(C)C(=O)Nc2ccc3c(ccn3CC(C)C)c2)cc1F. The van der Waals surface area contributed by atoms with Gasteiger partial charge in [0.15, 0.2) is 11.6 Å². The monoisotopic (exact) mass is 383 g/mol. The second kappa shape index (κ2) is 8.33. The average molecular weight is 383 g/mol. The second-order valence-corrected chi connectivity index (χ2v) is 7.39. The Morgan fingerprint density at radius 1 is 1.21 bits per heavy atom. The van der Waals surface area contributed by atoms with E-state index in [1.54, 1.807) is 19.2 Å². The Morgan fingerprint density at radius 3 is 2.68 bits per heavy atom. The number of aromatic nitrogens is 1. The highest BCUT2D eigenvalue weighted by atomic mass is 19.1. The summed E-state index contributed by atoms with van der Waals surface area (Å²) in [6, 6.07) is 12.4. The van der Waals surface area contributed by atoms with Crippen molar-refractivity contribution in [2.45, 2.75) is 26.9 Å². The molecule has 6 heteroatoms. The minimum atomic E-state index is -0.440. The van der Waals surface area contributed by atoms with Gasteiger partial charge in [0.2, 0.25) is 0 Å². The molecular formula is C22H26FN3O2. The lowest BCUT2D eigenvalue weighted by atomic mass is 10.2. The Kier molecular flexibility index (Phi) is 5.87. The summed E-state index contributed by atoms with van der Waals surface area (Å²) >= 11 is 0. The summed E-state index contributed by atoms with van der Waals surface area (Å²) in [5.41, 5.74) is 2.57. The Hall–Kier alpha value is -3.02. The van der Waals surface area contributed by atoms with Gasteiger partial charge in [0, 0.05) is 42.9 Å². The molecule has 0 radical (unpaired) electrons. The number of rotatable bonds is 6. The van der Waals surface area contributed by atoms with Crippen LogP contribution in [0.25, 0.3) is 10.9 Å². The van der Waals surface area contributed by atoms with Crippen LogP contribution in [0, 0.1) is 11.7 Å². The van der Waals surface area contributed by atoms with Crippen molar-refractivity contribution in [3.05, 3.63) is 60.0 Å². The van der Waals surface area contributed by atoms with E-state index in [1.165, 1.54) is 18.1 Å². The maximum absolute atomic E-state index is 13.8. The quantitative estimate of drug-likeness (QED) is 0.643. The first-order valence-electron chi connectivity index (χ1n) is 9.31. The largest absolute Gasteiger partial charge is 0.494 e. The highest BCUT2D eigenvalue weighted by Crippen LogP contribution is 2.22. The van der Waals surface area contributed by atoms with Gasteiger partial charge in [-0.25, -0.2) is 9.18 Å². The molecule has 0 aliphatic rings. The predicted octanol–water partition coefficient (Wildman–Crippen LogP) is 5.11. The standard InChI is InChI=1S/C22H26FN3O2/c1-15(2)13-26-10-9-17-12-18(6-7-20(17)26)24-22(27)25(3)14-16-5-8-21(28-4)19(23)11-16/h5-12,15H,13-14H2,1-4H3,(H,24,27). The van der Waals surface area contributed by atoms with E-state index in [0.717, 1.165) is 23.1 Å². The van der Waals surface area contributed by atoms with Crippen molar-refractivity contribution in [1.29, 1.82) is 0 Å². The van der Waals surface area contributed by atoms with Gasteiger partial charge in [-0.15, -0.1) is 0 Å². The van der Waals surface area contributed by atoms with Crippen LogP contribution in [0.3, 0.4) is 0 Å². The Morgan fingerprint density at radius 2 is 2.00 bits per heavy atom. The van der Waals surface area contributed by atoms with Crippen LogP contribution in [-0.2, 0) is 13.1 Å². The zero-order valence-electron chi connectivity index (χ0n) is 16.7. The van der Waals surface area contributed by atoms with E-state index in [4.69, 9.17) is 4.74 Å². The molecule has 0 fully saturated rings. The van der Waals surface area contributed by atoms with Gasteiger partial charge in [-0.3, -0.25) is 0 Å². The predicted molar refractivity (Wildman–Crippen MR) is 110 cm³/mol. The first kappa shape index (κ1) is 19.7. The van der Waals surface area contributed by atoms with Crippen molar-refractivity contribution < 1.29 is 13.9 Å². The molecule has 1 heterocycles. The second-order valence-electron chi connectivity index (χ2n) is 7.39. The van der Waals surface area contributed by atoms with Gasteiger partial charge >= 0.3 is 6.03 Å². The van der Waals surface area contributed by atoms with E-state index >= 15 is 0 Å². The van der Waals surface area contributed by atoms with Gasteiger partial charge in [-0.2, -0.15) is 0 Å². The third-order valence-corrected chi connectivity index (χ3v) is 4.57. The Labute approximate surface area is 164 Å². The van der Waals surface area contributed by atoms with Crippen molar-refractivity contribution in [1.82, 2.24) is 9.47 Å². The van der Waals surface area contributed by atoms with Crippen LogP contribution in [0.15, 0.2) is 48.7 Å². The molecule has 0 saturated carbocycles. The van der Waals surface area contributed by atoms with E-state index in [0.29, 0.717) is 18.0 Å². The number of halogens is 1. The van der Waals surface area contributed by atoms with Gasteiger partial charge in [-0.05, 0) is 47.9 Å². The number of hydrogen-bond donors (Lipinski definition) is 1. The zero-order chi connectivity index (χ0) is 20.3. The molecular weight excluding hydrogens is 357 g/mol. The van der Waals surface area contributed by atoms with Crippen molar-refractivity contribution in [3.63, 3.8) is 0 Å². The van der Waals surface area contributed by atoms with E-state index in [2.05, 4.69) is 36.0 Å². The third kappa shape index (κ3) is 4.44. The number of ether oxygens (including phenoxy) is 1. The van der Waals surface area contributed by atoms with Gasteiger partial charge in [0.25, 0.3) is 0 Å². The Bertz CT molecular complexity index is 981. The third-order valence-electron chi connectivity index (χ3n) is 4.57. The summed E-state index contributed by atoms with van der Waals surface area (Å²) in [6.45, 7) is 5.62. The minimum Gasteiger partial charge on any atom is -0.494 e. The fourth-order valence-corrected chi connectivity index (χ4v) is 3.20. The lowest BCUT2D eigenvalue weighted by Gasteiger charge is -2.18. The molecule has 1 N–H and O–H groups in total. The van der Waals surface area contributed by atoms with Crippen LogP contribution < -0.4 is 10.1 Å². The van der Waals surface area contributed by atoms with Crippen LogP contribution in [0.4, 0.5) is 14.9 Å². The number of carbonyl (C=O) groups is 1. The number of anilines is 1. The lowest BCUT2D eigenvalue weighted by Crippen LogP contribution is -2.30. The maximum Gasteiger partial charge on any atom is 0.321 e. The van der Waals surface area contributed by atoms with Crippen LogP contribution in [0.1, 0.15) is 19.4 Å². The number of methoxy groups -OCH3 is 1. The molecule has 3 rings (SSSR count). The van der Waals surface area contributed by atoms with Crippen molar-refractivity contribution >= 4 is 22.6 Å². The summed E-state index contributed by atoms with van der Waals surface area (Å²) in [5.74, 6) is 0.310. The van der Waals surface area contributed by atoms with Gasteiger partial charge < -0.3 is 19.5 Å². The normalized spacial score (nSPS) is 11.1. The Balaban J connectivity index is 1.67. The summed E-state index contributed by atoms with van der Waals surface area (Å²) in [5, 5.41) is 3.98. The number of amides is 2. The molecule has 0 aliphatic carbocycles. The van der Waals surface area contributed by atoms with Gasteiger partial charge in [-0.1, -0.05) is 19.9 Å². The van der Waals surface area contributed by atoms with Crippen LogP contribution in [0.5, 0.6) is 5.75 Å². The molecule has 5 nitrogen and oxygen atoms in total. The molecule has 1 aromatic heterocycles. The molecule has 0 unspecified atom stereocenters. The molecule has 148 valence electrons. The molecule has 0 saturated heterocycles. The summed E-state index contributed by atoms with van der Waals surface area (Å²) in [7, 11) is 3.10. The summed E-state index contributed by atoms with van der Waals surface area (Å²) in [6.07, 6.45) is 2.07. The molecule has 28 heavy (non-hydrogen) atoms. The van der Waals surface area contributed by atoms with E-state index in [1.807, 2.05) is 18.2 Å². The van der Waals surface area contributed by atoms with Crippen LogP contribution >= 0.6 is 0 Å². The zero-order valence-corrected chi connectivity index (χ0v) is 16.7. The van der Waals surface area contributed by atoms with Crippen LogP contribution in [-0.4, -0.2) is 29.7 Å². The number of benzene rings is 2. The number of hydrogen-bond acceptors (Lipinski definition) is 2. The van der Waals surface area contributed by atoms with Crippen molar-refractivity contribution in [2.75, 3.05) is 19.5 Å². The highest BCUT2D eigenvalue weighted by Gasteiger charge is 2.12. The van der Waals surface area contributed by atoms with Gasteiger partial charge in [0.1, 0.15) is 0 Å². The summed E-state index contributed by atoms with van der Waals surface area (Å²) < 4.78 is 21.0. The topological polar surface area (TPSA) is 46.5 Å². The van der Waals surface area contributed by atoms with E-state index < -0.39 is 5.82 Å². The van der Waals surface area contributed by atoms with Gasteiger partial charge in [0.05, 0.1) is 7.11 Å². The number of nitrogens with one attached hydrogen (secondary N) is 1.